The highest BCUT2D eigenvalue weighted by molar-refractivity contribution is 7.92. The molecular formula is C20H25FN2O4S. The second-order valence-electron chi connectivity index (χ2n) is 6.42. The molecule has 0 spiro atoms. The molecule has 0 heterocycles. The van der Waals surface area contributed by atoms with Crippen molar-refractivity contribution in [3.8, 4) is 5.75 Å². The van der Waals surface area contributed by atoms with Gasteiger partial charge in [-0.05, 0) is 61.9 Å². The van der Waals surface area contributed by atoms with E-state index in [2.05, 4.69) is 5.32 Å². The van der Waals surface area contributed by atoms with Gasteiger partial charge < -0.3 is 10.1 Å². The molecule has 1 N–H and O–H groups in total. The maximum atomic E-state index is 13.3. The molecule has 1 amide bonds. The van der Waals surface area contributed by atoms with Crippen LogP contribution in [0.5, 0.6) is 5.75 Å². The number of hydrogen-bond acceptors (Lipinski definition) is 4. The minimum absolute atomic E-state index is 0.00651. The van der Waals surface area contributed by atoms with Crippen molar-refractivity contribution in [1.82, 2.24) is 5.32 Å². The number of nitrogens with one attached hydrogen (secondary N) is 1. The minimum Gasteiger partial charge on any atom is -0.497 e. The Balaban J connectivity index is 2.36. The Hall–Kier alpha value is -2.61. The Kier molecular flexibility index (Phi) is 7.39. The molecular weight excluding hydrogens is 383 g/mol. The number of carbonyl (C=O) groups is 1. The first kappa shape index (κ1) is 21.7. The second kappa shape index (κ2) is 9.54. The third-order valence-electron chi connectivity index (χ3n) is 4.18. The van der Waals surface area contributed by atoms with Crippen molar-refractivity contribution < 1.29 is 22.3 Å². The number of methoxy groups -OCH3 is 1. The van der Waals surface area contributed by atoms with E-state index in [1.807, 2.05) is 13.8 Å². The number of nitrogens with zero attached hydrogens (tertiary/aromatic N) is 1. The lowest BCUT2D eigenvalue weighted by Crippen LogP contribution is -2.43. The van der Waals surface area contributed by atoms with Crippen LogP contribution in [0.1, 0.15) is 26.7 Å². The van der Waals surface area contributed by atoms with Crippen molar-refractivity contribution in [2.24, 2.45) is 0 Å². The van der Waals surface area contributed by atoms with Crippen molar-refractivity contribution in [1.29, 1.82) is 0 Å². The van der Waals surface area contributed by atoms with Crippen molar-refractivity contribution in [2.75, 3.05) is 18.0 Å². The zero-order valence-electron chi connectivity index (χ0n) is 16.2. The molecule has 0 aliphatic heterocycles. The van der Waals surface area contributed by atoms with E-state index in [0.717, 1.165) is 29.3 Å². The van der Waals surface area contributed by atoms with E-state index in [1.54, 1.807) is 0 Å². The van der Waals surface area contributed by atoms with Gasteiger partial charge in [0.1, 0.15) is 18.1 Å². The smallest absolute Gasteiger partial charge is 0.264 e. The molecule has 0 saturated heterocycles. The van der Waals surface area contributed by atoms with Crippen LogP contribution in [0.2, 0.25) is 0 Å². The lowest BCUT2D eigenvalue weighted by Gasteiger charge is -2.25. The van der Waals surface area contributed by atoms with Crippen LogP contribution in [-0.2, 0) is 14.8 Å². The van der Waals surface area contributed by atoms with Crippen LogP contribution < -0.4 is 14.4 Å². The third-order valence-corrected chi connectivity index (χ3v) is 5.97. The van der Waals surface area contributed by atoms with Gasteiger partial charge in [-0.15, -0.1) is 0 Å². The lowest BCUT2D eigenvalue weighted by atomic mass is 10.2. The Labute approximate surface area is 165 Å². The fourth-order valence-electron chi connectivity index (χ4n) is 2.75. The van der Waals surface area contributed by atoms with Gasteiger partial charge in [0, 0.05) is 6.04 Å². The van der Waals surface area contributed by atoms with E-state index >= 15 is 0 Å². The average Bonchev–Trinajstić information content (AvgIpc) is 2.67. The maximum Gasteiger partial charge on any atom is 0.264 e. The maximum absolute atomic E-state index is 13.3. The SMILES string of the molecule is CCC[C@@H](C)NC(=O)CN(c1ccc(F)cc1)S(=O)(=O)c1ccc(OC)cc1. The molecule has 0 aliphatic rings. The molecule has 2 rings (SSSR count). The number of amides is 1. The van der Waals surface area contributed by atoms with Crippen molar-refractivity contribution in [3.63, 3.8) is 0 Å². The van der Waals surface area contributed by atoms with Crippen LogP contribution in [0.4, 0.5) is 10.1 Å². The number of ether oxygens (including phenoxy) is 1. The summed E-state index contributed by atoms with van der Waals surface area (Å²) in [7, 11) is -2.56. The number of rotatable bonds is 9. The van der Waals surface area contributed by atoms with E-state index in [1.165, 1.54) is 43.5 Å². The molecule has 0 unspecified atom stereocenters. The van der Waals surface area contributed by atoms with Crippen molar-refractivity contribution in [3.05, 3.63) is 54.3 Å². The van der Waals surface area contributed by atoms with Gasteiger partial charge >= 0.3 is 0 Å². The van der Waals surface area contributed by atoms with Crippen LogP contribution in [0.25, 0.3) is 0 Å². The van der Waals surface area contributed by atoms with E-state index in [0.29, 0.717) is 5.75 Å². The minimum atomic E-state index is -4.04. The fourth-order valence-corrected chi connectivity index (χ4v) is 4.17. The van der Waals surface area contributed by atoms with Gasteiger partial charge in [-0.2, -0.15) is 0 Å². The Morgan fingerprint density at radius 2 is 1.75 bits per heavy atom. The number of halogens is 1. The van der Waals surface area contributed by atoms with Crippen LogP contribution in [-0.4, -0.2) is 34.0 Å². The van der Waals surface area contributed by atoms with Gasteiger partial charge in [-0.3, -0.25) is 9.10 Å². The summed E-state index contributed by atoms with van der Waals surface area (Å²) >= 11 is 0. The molecule has 0 aliphatic carbocycles. The van der Waals surface area contributed by atoms with E-state index in [-0.39, 0.29) is 16.6 Å². The molecule has 2 aromatic rings. The summed E-state index contributed by atoms with van der Waals surface area (Å²) < 4.78 is 45.7. The fraction of sp³-hybridized carbons (Fsp3) is 0.350. The molecule has 2 aromatic carbocycles. The van der Waals surface area contributed by atoms with E-state index in [4.69, 9.17) is 4.74 Å². The zero-order chi connectivity index (χ0) is 20.7. The van der Waals surface area contributed by atoms with Crippen LogP contribution in [0.15, 0.2) is 53.4 Å². The molecule has 8 heteroatoms. The highest BCUT2D eigenvalue weighted by Gasteiger charge is 2.27. The first-order valence-electron chi connectivity index (χ1n) is 8.99. The first-order chi connectivity index (χ1) is 13.3. The standard InChI is InChI=1S/C20H25FN2O4S/c1-4-5-15(2)22-20(24)14-23(17-8-6-16(21)7-9-17)28(25,26)19-12-10-18(27-3)11-13-19/h6-13,15H,4-5,14H2,1-3H3,(H,22,24)/t15-/m1/s1. The number of benzene rings is 2. The highest BCUT2D eigenvalue weighted by atomic mass is 32.2. The molecule has 6 nitrogen and oxygen atoms in total. The van der Waals surface area contributed by atoms with Gasteiger partial charge in [-0.25, -0.2) is 12.8 Å². The molecule has 152 valence electrons. The largest absolute Gasteiger partial charge is 0.497 e. The topological polar surface area (TPSA) is 75.7 Å². The normalized spacial score (nSPS) is 12.3. The molecule has 0 radical (unpaired) electrons. The Morgan fingerprint density at radius 3 is 2.29 bits per heavy atom. The summed E-state index contributed by atoms with van der Waals surface area (Å²) in [5.74, 6) is -0.410. The molecule has 1 atom stereocenters. The summed E-state index contributed by atoms with van der Waals surface area (Å²) in [6.45, 7) is 3.46. The summed E-state index contributed by atoms with van der Waals surface area (Å²) in [6.07, 6.45) is 1.68. The van der Waals surface area contributed by atoms with Gasteiger partial charge in [0.25, 0.3) is 10.0 Å². The summed E-state index contributed by atoms with van der Waals surface area (Å²) in [4.78, 5) is 12.5. The van der Waals surface area contributed by atoms with Crippen LogP contribution in [0.3, 0.4) is 0 Å². The van der Waals surface area contributed by atoms with Crippen molar-refractivity contribution >= 4 is 21.6 Å². The van der Waals surface area contributed by atoms with Crippen LogP contribution >= 0.6 is 0 Å². The first-order valence-corrected chi connectivity index (χ1v) is 10.4. The number of sulfonamides is 1. The highest BCUT2D eigenvalue weighted by Crippen LogP contribution is 2.25. The second-order valence-corrected chi connectivity index (χ2v) is 8.28. The van der Waals surface area contributed by atoms with Gasteiger partial charge in [-0.1, -0.05) is 13.3 Å². The number of anilines is 1. The number of carbonyl (C=O) groups excluding carboxylic acids is 1. The quantitative estimate of drug-likeness (QED) is 0.691. The Bertz CT molecular complexity index is 883. The van der Waals surface area contributed by atoms with E-state index < -0.39 is 28.3 Å². The lowest BCUT2D eigenvalue weighted by molar-refractivity contribution is -0.120. The predicted octanol–water partition coefficient (Wildman–Crippen LogP) is 3.33. The zero-order valence-corrected chi connectivity index (χ0v) is 17.0. The molecule has 0 bridgehead atoms. The summed E-state index contributed by atoms with van der Waals surface area (Å²) in [5, 5.41) is 2.80. The third kappa shape index (κ3) is 5.45. The molecule has 0 fully saturated rings. The monoisotopic (exact) mass is 408 g/mol. The Morgan fingerprint density at radius 1 is 1.14 bits per heavy atom. The van der Waals surface area contributed by atoms with Gasteiger partial charge in [0.2, 0.25) is 5.91 Å². The molecule has 0 saturated carbocycles. The van der Waals surface area contributed by atoms with E-state index in [9.17, 15) is 17.6 Å². The van der Waals surface area contributed by atoms with Gasteiger partial charge in [0.05, 0.1) is 17.7 Å². The summed E-state index contributed by atoms with van der Waals surface area (Å²) in [6, 6.07) is 10.8. The average molecular weight is 408 g/mol. The predicted molar refractivity (Wildman–Crippen MR) is 106 cm³/mol. The molecule has 0 aromatic heterocycles. The van der Waals surface area contributed by atoms with Gasteiger partial charge in [0.15, 0.2) is 0 Å². The summed E-state index contributed by atoms with van der Waals surface area (Å²) in [5.41, 5.74) is 0.204. The molecule has 28 heavy (non-hydrogen) atoms. The number of hydrogen-bond donors (Lipinski definition) is 1. The van der Waals surface area contributed by atoms with Crippen LogP contribution in [0, 0.1) is 5.82 Å². The van der Waals surface area contributed by atoms with Crippen molar-refractivity contribution in [2.45, 2.75) is 37.6 Å².